The molecule has 0 aliphatic rings. The molecule has 0 radical (unpaired) electrons. The molecule has 0 aliphatic carbocycles. The molecule has 0 atom stereocenters. The second-order valence-corrected chi connectivity index (χ2v) is 3.77. The zero-order valence-corrected chi connectivity index (χ0v) is 9.51. The number of nitrogen functional groups attached to an aromatic ring is 1. The molecule has 0 aliphatic heterocycles. The molecule has 84 valence electrons. The number of anilines is 1. The van der Waals surface area contributed by atoms with E-state index in [1.165, 1.54) is 0 Å². The van der Waals surface area contributed by atoms with Gasteiger partial charge in [-0.1, -0.05) is 12.1 Å². The van der Waals surface area contributed by atoms with Crippen LogP contribution in [0.2, 0.25) is 0 Å². The summed E-state index contributed by atoms with van der Waals surface area (Å²) < 4.78 is 1.88. The minimum atomic E-state index is 0.568. The van der Waals surface area contributed by atoms with Crippen LogP contribution in [0.15, 0.2) is 18.5 Å². The Kier molecular flexibility index (Phi) is 2.85. The van der Waals surface area contributed by atoms with Gasteiger partial charge >= 0.3 is 0 Å². The Morgan fingerprint density at radius 3 is 2.88 bits per heavy atom. The van der Waals surface area contributed by atoms with E-state index in [1.807, 2.05) is 17.7 Å². The van der Waals surface area contributed by atoms with Crippen molar-refractivity contribution in [2.75, 3.05) is 5.73 Å². The minimum Gasteiger partial charge on any atom is -0.383 e. The Morgan fingerprint density at radius 1 is 1.38 bits per heavy atom. The van der Waals surface area contributed by atoms with Crippen LogP contribution >= 0.6 is 0 Å². The summed E-state index contributed by atoms with van der Waals surface area (Å²) in [4.78, 5) is 4.14. The lowest BCUT2D eigenvalue weighted by Gasteiger charge is -2.06. The van der Waals surface area contributed by atoms with Gasteiger partial charge in [-0.15, -0.1) is 5.10 Å². The van der Waals surface area contributed by atoms with E-state index >= 15 is 0 Å². The molecule has 5 heteroatoms. The van der Waals surface area contributed by atoms with E-state index in [0.29, 0.717) is 5.82 Å². The van der Waals surface area contributed by atoms with E-state index < -0.39 is 0 Å². The molecule has 0 amide bonds. The standard InChI is InChI=1S/C11H15N5/c1-3-4-16-10(7-14-15-16)9-5-8(2)11(12)13-6-9/h5-7H,3-4H2,1-2H3,(H2,12,13). The van der Waals surface area contributed by atoms with Gasteiger partial charge in [0.15, 0.2) is 0 Å². The van der Waals surface area contributed by atoms with Crippen LogP contribution in [0.1, 0.15) is 18.9 Å². The van der Waals surface area contributed by atoms with Gasteiger partial charge in [-0.3, -0.25) is 0 Å². The molecule has 2 aromatic rings. The number of hydrogen-bond acceptors (Lipinski definition) is 4. The number of nitrogens with zero attached hydrogens (tertiary/aromatic N) is 4. The lowest BCUT2D eigenvalue weighted by molar-refractivity contribution is 0.584. The maximum atomic E-state index is 5.69. The normalized spacial score (nSPS) is 10.6. The fourth-order valence-corrected chi connectivity index (χ4v) is 1.58. The summed E-state index contributed by atoms with van der Waals surface area (Å²) in [7, 11) is 0. The third-order valence-corrected chi connectivity index (χ3v) is 2.47. The van der Waals surface area contributed by atoms with Crippen LogP contribution in [0.4, 0.5) is 5.82 Å². The average molecular weight is 217 g/mol. The maximum Gasteiger partial charge on any atom is 0.126 e. The lowest BCUT2D eigenvalue weighted by atomic mass is 10.1. The Labute approximate surface area is 94.3 Å². The van der Waals surface area contributed by atoms with Gasteiger partial charge in [0.1, 0.15) is 5.82 Å². The molecule has 0 bridgehead atoms. The van der Waals surface area contributed by atoms with Crippen molar-refractivity contribution in [1.82, 2.24) is 20.0 Å². The molecule has 5 nitrogen and oxygen atoms in total. The van der Waals surface area contributed by atoms with Gasteiger partial charge in [0.2, 0.25) is 0 Å². The van der Waals surface area contributed by atoms with Gasteiger partial charge in [-0.25, -0.2) is 9.67 Å². The molecule has 0 spiro atoms. The van der Waals surface area contributed by atoms with E-state index in [9.17, 15) is 0 Å². The average Bonchev–Trinajstić information content (AvgIpc) is 2.71. The van der Waals surface area contributed by atoms with Crippen molar-refractivity contribution < 1.29 is 0 Å². The van der Waals surface area contributed by atoms with Crippen LogP contribution in [0.3, 0.4) is 0 Å². The predicted molar refractivity (Wildman–Crippen MR) is 62.7 cm³/mol. The van der Waals surface area contributed by atoms with Crippen LogP contribution in [0.5, 0.6) is 0 Å². The second kappa shape index (κ2) is 4.30. The number of aryl methyl sites for hydroxylation is 2. The zero-order valence-electron chi connectivity index (χ0n) is 9.51. The highest BCUT2D eigenvalue weighted by molar-refractivity contribution is 5.60. The lowest BCUT2D eigenvalue weighted by Crippen LogP contribution is -2.02. The largest absolute Gasteiger partial charge is 0.383 e. The first-order valence-corrected chi connectivity index (χ1v) is 5.33. The van der Waals surface area contributed by atoms with E-state index in [2.05, 4.69) is 22.2 Å². The van der Waals surface area contributed by atoms with E-state index in [0.717, 1.165) is 29.8 Å². The van der Waals surface area contributed by atoms with E-state index in [4.69, 9.17) is 5.73 Å². The molecule has 0 unspecified atom stereocenters. The fraction of sp³-hybridized carbons (Fsp3) is 0.364. The molecular weight excluding hydrogens is 202 g/mol. The van der Waals surface area contributed by atoms with Crippen molar-refractivity contribution in [3.8, 4) is 11.3 Å². The highest BCUT2D eigenvalue weighted by atomic mass is 15.4. The van der Waals surface area contributed by atoms with Gasteiger partial charge in [-0.2, -0.15) is 0 Å². The first-order valence-electron chi connectivity index (χ1n) is 5.33. The molecule has 2 aromatic heterocycles. The number of nitrogens with two attached hydrogens (primary N) is 1. The smallest absolute Gasteiger partial charge is 0.126 e. The van der Waals surface area contributed by atoms with Gasteiger partial charge < -0.3 is 5.73 Å². The summed E-state index contributed by atoms with van der Waals surface area (Å²) in [5, 5.41) is 7.97. The fourth-order valence-electron chi connectivity index (χ4n) is 1.58. The second-order valence-electron chi connectivity index (χ2n) is 3.77. The van der Waals surface area contributed by atoms with Crippen molar-refractivity contribution in [3.05, 3.63) is 24.0 Å². The van der Waals surface area contributed by atoms with E-state index in [1.54, 1.807) is 12.4 Å². The summed E-state index contributed by atoms with van der Waals surface area (Å²) in [5.74, 6) is 0.568. The van der Waals surface area contributed by atoms with Crippen LogP contribution in [0, 0.1) is 6.92 Å². The number of pyridine rings is 1. The van der Waals surface area contributed by atoms with Gasteiger partial charge in [-0.05, 0) is 25.0 Å². The van der Waals surface area contributed by atoms with Crippen molar-refractivity contribution in [2.24, 2.45) is 0 Å². The van der Waals surface area contributed by atoms with Crippen LogP contribution in [0.25, 0.3) is 11.3 Å². The summed E-state index contributed by atoms with van der Waals surface area (Å²) in [6.07, 6.45) is 4.53. The third kappa shape index (κ3) is 1.88. The Hall–Kier alpha value is -1.91. The van der Waals surface area contributed by atoms with Crippen LogP contribution < -0.4 is 5.73 Å². The summed E-state index contributed by atoms with van der Waals surface area (Å²) >= 11 is 0. The number of rotatable bonds is 3. The molecule has 2 rings (SSSR count). The Balaban J connectivity index is 2.42. The number of aromatic nitrogens is 4. The van der Waals surface area contributed by atoms with Crippen molar-refractivity contribution in [1.29, 1.82) is 0 Å². The third-order valence-electron chi connectivity index (χ3n) is 2.47. The van der Waals surface area contributed by atoms with Crippen LogP contribution in [-0.2, 0) is 6.54 Å². The highest BCUT2D eigenvalue weighted by Gasteiger charge is 2.07. The molecule has 0 aromatic carbocycles. The highest BCUT2D eigenvalue weighted by Crippen LogP contribution is 2.20. The van der Waals surface area contributed by atoms with Crippen molar-refractivity contribution >= 4 is 5.82 Å². The molecular formula is C11H15N5. The van der Waals surface area contributed by atoms with Gasteiger partial charge in [0.25, 0.3) is 0 Å². The summed E-state index contributed by atoms with van der Waals surface area (Å²) in [5.41, 5.74) is 8.65. The SMILES string of the molecule is CCCn1nncc1-c1cnc(N)c(C)c1. The Bertz CT molecular complexity index is 489. The zero-order chi connectivity index (χ0) is 11.5. The molecule has 0 saturated heterocycles. The topological polar surface area (TPSA) is 69.6 Å². The first-order chi connectivity index (χ1) is 7.72. The monoisotopic (exact) mass is 217 g/mol. The van der Waals surface area contributed by atoms with Gasteiger partial charge in [0, 0.05) is 18.3 Å². The van der Waals surface area contributed by atoms with Gasteiger partial charge in [0.05, 0.1) is 11.9 Å². The van der Waals surface area contributed by atoms with Crippen molar-refractivity contribution in [2.45, 2.75) is 26.8 Å². The molecule has 16 heavy (non-hydrogen) atoms. The predicted octanol–water partition coefficient (Wildman–Crippen LogP) is 1.64. The summed E-state index contributed by atoms with van der Waals surface area (Å²) in [6, 6.07) is 2.01. The maximum absolute atomic E-state index is 5.69. The molecule has 0 saturated carbocycles. The molecule has 0 fully saturated rings. The minimum absolute atomic E-state index is 0.568. The van der Waals surface area contributed by atoms with Crippen LogP contribution in [-0.4, -0.2) is 20.0 Å². The molecule has 2 heterocycles. The quantitative estimate of drug-likeness (QED) is 0.848. The van der Waals surface area contributed by atoms with Crippen molar-refractivity contribution in [3.63, 3.8) is 0 Å². The summed E-state index contributed by atoms with van der Waals surface area (Å²) in [6.45, 7) is 4.91. The van der Waals surface area contributed by atoms with E-state index in [-0.39, 0.29) is 0 Å². The number of hydrogen-bond donors (Lipinski definition) is 1. The molecule has 2 N–H and O–H groups in total. The Morgan fingerprint density at radius 2 is 2.19 bits per heavy atom. The first kappa shape index (κ1) is 10.6.